The van der Waals surface area contributed by atoms with Gasteiger partial charge in [0.15, 0.2) is 0 Å². The summed E-state index contributed by atoms with van der Waals surface area (Å²) in [6, 6.07) is 17.9. The number of carbonyl (C=O) groups is 1. The highest BCUT2D eigenvalue weighted by atomic mass is 16.2. The summed E-state index contributed by atoms with van der Waals surface area (Å²) >= 11 is 0. The van der Waals surface area contributed by atoms with Crippen molar-refractivity contribution in [3.63, 3.8) is 0 Å². The average Bonchev–Trinajstić information content (AvgIpc) is 3.43. The first-order valence-corrected chi connectivity index (χ1v) is 9.48. The van der Waals surface area contributed by atoms with Crippen LogP contribution in [0.15, 0.2) is 73.6 Å². The molecule has 0 saturated carbocycles. The van der Waals surface area contributed by atoms with Crippen molar-refractivity contribution in [3.05, 3.63) is 90.4 Å². The van der Waals surface area contributed by atoms with Crippen molar-refractivity contribution in [1.29, 1.82) is 0 Å². The van der Waals surface area contributed by atoms with Gasteiger partial charge in [-0.1, -0.05) is 77.2 Å². The number of carbonyl (C=O) groups excluding carboxylic acids is 1. The second-order valence-electron chi connectivity index (χ2n) is 6.94. The van der Waals surface area contributed by atoms with Crippen molar-refractivity contribution in [2.45, 2.75) is 20.0 Å². The average molecular weight is 399 g/mol. The number of aryl methyl sites for hydroxylation is 1. The molecule has 0 radical (unpaired) electrons. The molecule has 2 aromatic carbocycles. The normalized spacial score (nSPS) is 10.7. The van der Waals surface area contributed by atoms with Crippen molar-refractivity contribution in [2.24, 2.45) is 0 Å². The summed E-state index contributed by atoms with van der Waals surface area (Å²) in [5, 5.41) is 19.1. The molecule has 8 heteroatoms. The molecule has 4 aromatic rings. The molecule has 0 unspecified atom stereocenters. The van der Waals surface area contributed by atoms with Gasteiger partial charge in [0.2, 0.25) is 0 Å². The van der Waals surface area contributed by atoms with Gasteiger partial charge < -0.3 is 5.32 Å². The Labute approximate surface area is 173 Å². The van der Waals surface area contributed by atoms with Gasteiger partial charge >= 0.3 is 0 Å². The van der Waals surface area contributed by atoms with E-state index in [0.717, 1.165) is 16.7 Å². The lowest BCUT2D eigenvalue weighted by Gasteiger charge is -2.05. The zero-order valence-electron chi connectivity index (χ0n) is 16.6. The van der Waals surface area contributed by atoms with Crippen LogP contribution in [-0.4, -0.2) is 35.9 Å². The summed E-state index contributed by atoms with van der Waals surface area (Å²) in [7, 11) is 0. The van der Waals surface area contributed by atoms with E-state index in [1.54, 1.807) is 17.1 Å². The smallest absolute Gasteiger partial charge is 0.269 e. The highest BCUT2D eigenvalue weighted by Gasteiger charge is 2.13. The van der Waals surface area contributed by atoms with E-state index in [4.69, 9.17) is 0 Å². The van der Waals surface area contributed by atoms with E-state index in [2.05, 4.69) is 32.5 Å². The maximum Gasteiger partial charge on any atom is 0.269 e. The Morgan fingerprint density at radius 3 is 2.53 bits per heavy atom. The Balaban J connectivity index is 1.34. The van der Waals surface area contributed by atoms with E-state index in [1.807, 2.05) is 61.5 Å². The Kier molecular flexibility index (Phi) is 5.47. The first-order chi connectivity index (χ1) is 14.6. The molecule has 0 bridgehead atoms. The second kappa shape index (κ2) is 8.52. The van der Waals surface area contributed by atoms with E-state index >= 15 is 0 Å². The van der Waals surface area contributed by atoms with Crippen molar-refractivity contribution >= 4 is 11.6 Å². The van der Waals surface area contributed by atoms with Gasteiger partial charge in [0.1, 0.15) is 17.1 Å². The third-order valence-corrected chi connectivity index (χ3v) is 4.58. The summed E-state index contributed by atoms with van der Waals surface area (Å²) in [5.41, 5.74) is 4.73. The number of hydrogen-bond donors (Lipinski definition) is 1. The summed E-state index contributed by atoms with van der Waals surface area (Å²) < 4.78 is 3.10. The fourth-order valence-electron chi connectivity index (χ4n) is 2.90. The standard InChI is InChI=1S/C22H21N7O/c1-16-8-10-19(11-9-16)21-15-29(27-25-21)17(2)22(30)23-12-20-14-28(26-24-20)13-18-6-4-3-5-7-18/h3-11,14-15H,2,12-13H2,1H3,(H,23,30). The van der Waals surface area contributed by atoms with E-state index in [1.165, 1.54) is 4.68 Å². The summed E-state index contributed by atoms with van der Waals surface area (Å²) in [4.78, 5) is 12.5. The fourth-order valence-corrected chi connectivity index (χ4v) is 2.90. The van der Waals surface area contributed by atoms with E-state index in [-0.39, 0.29) is 18.1 Å². The van der Waals surface area contributed by atoms with Crippen LogP contribution >= 0.6 is 0 Å². The van der Waals surface area contributed by atoms with Crippen LogP contribution in [0.5, 0.6) is 0 Å². The zero-order chi connectivity index (χ0) is 20.9. The fraction of sp³-hybridized carbons (Fsp3) is 0.136. The Morgan fingerprint density at radius 1 is 1.00 bits per heavy atom. The number of hydrogen-bond acceptors (Lipinski definition) is 5. The van der Waals surface area contributed by atoms with Gasteiger partial charge in [0.05, 0.1) is 25.5 Å². The molecule has 2 aromatic heterocycles. The minimum Gasteiger partial charge on any atom is -0.345 e. The third-order valence-electron chi connectivity index (χ3n) is 4.58. The lowest BCUT2D eigenvalue weighted by Crippen LogP contribution is -2.26. The minimum absolute atomic E-state index is 0.178. The highest BCUT2D eigenvalue weighted by Crippen LogP contribution is 2.17. The van der Waals surface area contributed by atoms with Crippen LogP contribution in [0.2, 0.25) is 0 Å². The molecule has 0 atom stereocenters. The van der Waals surface area contributed by atoms with E-state index in [9.17, 15) is 4.79 Å². The quantitative estimate of drug-likeness (QED) is 0.483. The molecule has 1 N–H and O–H groups in total. The first-order valence-electron chi connectivity index (χ1n) is 9.48. The monoisotopic (exact) mass is 399 g/mol. The number of amides is 1. The van der Waals surface area contributed by atoms with Gasteiger partial charge in [0, 0.05) is 5.56 Å². The van der Waals surface area contributed by atoms with Crippen LogP contribution in [0.4, 0.5) is 0 Å². The van der Waals surface area contributed by atoms with Crippen LogP contribution in [0.1, 0.15) is 16.8 Å². The molecule has 0 saturated heterocycles. The van der Waals surface area contributed by atoms with Crippen LogP contribution < -0.4 is 5.32 Å². The number of aromatic nitrogens is 6. The number of benzene rings is 2. The molecule has 150 valence electrons. The van der Waals surface area contributed by atoms with Crippen LogP contribution in [0.3, 0.4) is 0 Å². The molecule has 0 aliphatic rings. The van der Waals surface area contributed by atoms with Gasteiger partial charge in [-0.3, -0.25) is 4.79 Å². The molecule has 4 rings (SSSR count). The molecule has 8 nitrogen and oxygen atoms in total. The molecule has 30 heavy (non-hydrogen) atoms. The molecule has 0 spiro atoms. The molecular weight excluding hydrogens is 378 g/mol. The van der Waals surface area contributed by atoms with E-state index < -0.39 is 0 Å². The highest BCUT2D eigenvalue weighted by molar-refractivity contribution is 6.12. The second-order valence-corrected chi connectivity index (χ2v) is 6.94. The first kappa shape index (κ1) is 19.3. The predicted molar refractivity (Wildman–Crippen MR) is 113 cm³/mol. The number of nitrogens with one attached hydrogen (secondary N) is 1. The van der Waals surface area contributed by atoms with E-state index in [0.29, 0.717) is 17.9 Å². The lowest BCUT2D eigenvalue weighted by molar-refractivity contribution is -0.116. The Bertz CT molecular complexity index is 1160. The SMILES string of the molecule is C=C(C(=O)NCc1cn(Cc2ccccc2)nn1)n1cc(-c2ccc(C)cc2)nn1. The Morgan fingerprint density at radius 2 is 1.77 bits per heavy atom. The largest absolute Gasteiger partial charge is 0.345 e. The molecular formula is C22H21N7O. The molecule has 0 aliphatic heterocycles. The van der Waals surface area contributed by atoms with Gasteiger partial charge in [-0.15, -0.1) is 10.2 Å². The topological polar surface area (TPSA) is 90.5 Å². The molecule has 0 fully saturated rings. The maximum absolute atomic E-state index is 12.5. The van der Waals surface area contributed by atoms with Crippen LogP contribution in [0, 0.1) is 6.92 Å². The molecule has 1 amide bonds. The molecule has 2 heterocycles. The van der Waals surface area contributed by atoms with Crippen molar-refractivity contribution < 1.29 is 4.79 Å². The van der Waals surface area contributed by atoms with Gasteiger partial charge in [-0.2, -0.15) is 0 Å². The number of rotatable bonds is 7. The van der Waals surface area contributed by atoms with Crippen molar-refractivity contribution in [2.75, 3.05) is 0 Å². The Hall–Kier alpha value is -4.07. The van der Waals surface area contributed by atoms with Crippen molar-refractivity contribution in [3.8, 4) is 11.3 Å². The summed E-state index contributed by atoms with van der Waals surface area (Å²) in [5.74, 6) is -0.354. The van der Waals surface area contributed by atoms with Crippen LogP contribution in [0.25, 0.3) is 17.0 Å². The van der Waals surface area contributed by atoms with Gasteiger partial charge in [-0.25, -0.2) is 9.36 Å². The minimum atomic E-state index is -0.354. The number of nitrogens with zero attached hydrogens (tertiary/aromatic N) is 6. The van der Waals surface area contributed by atoms with Crippen molar-refractivity contribution in [1.82, 2.24) is 35.3 Å². The molecule has 0 aliphatic carbocycles. The predicted octanol–water partition coefficient (Wildman–Crippen LogP) is 2.68. The van der Waals surface area contributed by atoms with Gasteiger partial charge in [-0.05, 0) is 12.5 Å². The lowest BCUT2D eigenvalue weighted by atomic mass is 10.1. The van der Waals surface area contributed by atoms with Gasteiger partial charge in [0.25, 0.3) is 5.91 Å². The maximum atomic E-state index is 12.5. The zero-order valence-corrected chi connectivity index (χ0v) is 16.6. The third kappa shape index (κ3) is 4.49. The summed E-state index contributed by atoms with van der Waals surface area (Å²) in [6.07, 6.45) is 3.49. The summed E-state index contributed by atoms with van der Waals surface area (Å²) in [6.45, 7) is 6.71. The van der Waals surface area contributed by atoms with Crippen LogP contribution in [-0.2, 0) is 17.9 Å².